The van der Waals surface area contributed by atoms with E-state index in [2.05, 4.69) is 25.7 Å². The minimum absolute atomic E-state index is 0.200. The first kappa shape index (κ1) is 11.6. The number of fused-ring (bicyclic) bond motifs is 1. The number of aromatic amines is 1. The molecule has 6 nitrogen and oxygen atoms in total. The van der Waals surface area contributed by atoms with Gasteiger partial charge in [0.25, 0.3) is 5.89 Å². The molecule has 1 aromatic carbocycles. The summed E-state index contributed by atoms with van der Waals surface area (Å²) in [4.78, 5) is 4.50. The number of benzene rings is 1. The average Bonchev–Trinajstić information content (AvgIpc) is 3.14. The number of H-pyrrole nitrogens is 1. The van der Waals surface area contributed by atoms with Crippen LogP contribution >= 0.6 is 0 Å². The minimum atomic E-state index is 0.200. The lowest BCUT2D eigenvalue weighted by molar-refractivity contribution is 0.366. The van der Waals surface area contributed by atoms with Gasteiger partial charge in [-0.25, -0.2) is 0 Å². The second kappa shape index (κ2) is 4.72. The van der Waals surface area contributed by atoms with E-state index < -0.39 is 0 Å². The van der Waals surface area contributed by atoms with E-state index in [4.69, 9.17) is 4.52 Å². The molecule has 6 heteroatoms. The fourth-order valence-electron chi connectivity index (χ4n) is 2.67. The molecular weight excluding hydrogens is 254 g/mol. The van der Waals surface area contributed by atoms with Gasteiger partial charge in [0.2, 0.25) is 0 Å². The molecule has 1 unspecified atom stereocenters. The van der Waals surface area contributed by atoms with Crippen LogP contribution < -0.4 is 5.32 Å². The zero-order valence-corrected chi connectivity index (χ0v) is 11.0. The van der Waals surface area contributed by atoms with Crippen molar-refractivity contribution in [3.05, 3.63) is 30.1 Å². The summed E-state index contributed by atoms with van der Waals surface area (Å²) in [6.07, 6.45) is 3.47. The molecular formula is C14H15N5O. The maximum Gasteiger partial charge on any atom is 0.279 e. The van der Waals surface area contributed by atoms with Crippen LogP contribution in [-0.2, 0) is 0 Å². The number of aromatic nitrogens is 4. The van der Waals surface area contributed by atoms with Crippen LogP contribution in [0.3, 0.4) is 0 Å². The highest BCUT2D eigenvalue weighted by molar-refractivity contribution is 5.90. The van der Waals surface area contributed by atoms with Gasteiger partial charge in [-0.2, -0.15) is 10.1 Å². The molecule has 1 atom stereocenters. The first-order valence-corrected chi connectivity index (χ1v) is 6.92. The Morgan fingerprint density at radius 1 is 1.20 bits per heavy atom. The maximum atomic E-state index is 5.39. The van der Waals surface area contributed by atoms with Crippen molar-refractivity contribution in [2.24, 2.45) is 0 Å². The Morgan fingerprint density at radius 2 is 2.15 bits per heavy atom. The van der Waals surface area contributed by atoms with Gasteiger partial charge in [0, 0.05) is 5.39 Å². The van der Waals surface area contributed by atoms with Crippen LogP contribution in [-0.4, -0.2) is 26.9 Å². The highest BCUT2D eigenvalue weighted by Gasteiger charge is 2.22. The zero-order valence-electron chi connectivity index (χ0n) is 11.0. The Kier molecular flexibility index (Phi) is 2.74. The third kappa shape index (κ3) is 1.89. The Balaban J connectivity index is 1.70. The molecule has 0 saturated carbocycles. The van der Waals surface area contributed by atoms with Gasteiger partial charge in [-0.3, -0.25) is 5.10 Å². The third-order valence-electron chi connectivity index (χ3n) is 3.74. The fourth-order valence-corrected chi connectivity index (χ4v) is 2.67. The number of hydrogen-bond acceptors (Lipinski definition) is 5. The van der Waals surface area contributed by atoms with Crippen molar-refractivity contribution in [2.75, 3.05) is 6.54 Å². The van der Waals surface area contributed by atoms with Gasteiger partial charge in [0.1, 0.15) is 0 Å². The molecule has 3 heterocycles. The summed E-state index contributed by atoms with van der Waals surface area (Å²) in [6, 6.07) is 8.12. The topological polar surface area (TPSA) is 79.6 Å². The van der Waals surface area contributed by atoms with E-state index in [1.54, 1.807) is 0 Å². The first-order valence-electron chi connectivity index (χ1n) is 6.92. The number of nitrogens with zero attached hydrogens (tertiary/aromatic N) is 3. The average molecular weight is 269 g/mol. The fraction of sp³-hybridized carbons (Fsp3) is 0.357. The van der Waals surface area contributed by atoms with Crippen molar-refractivity contribution in [3.63, 3.8) is 0 Å². The van der Waals surface area contributed by atoms with E-state index in [-0.39, 0.29) is 6.04 Å². The Morgan fingerprint density at radius 3 is 3.05 bits per heavy atom. The van der Waals surface area contributed by atoms with Gasteiger partial charge in [0.05, 0.1) is 11.6 Å². The highest BCUT2D eigenvalue weighted by atomic mass is 16.5. The lowest BCUT2D eigenvalue weighted by Crippen LogP contribution is -2.27. The van der Waals surface area contributed by atoms with Crippen LogP contribution in [0, 0.1) is 0 Å². The molecule has 2 N–H and O–H groups in total. The van der Waals surface area contributed by atoms with Gasteiger partial charge in [-0.15, -0.1) is 0 Å². The van der Waals surface area contributed by atoms with Gasteiger partial charge in [-0.1, -0.05) is 29.8 Å². The van der Waals surface area contributed by atoms with Crippen molar-refractivity contribution >= 4 is 10.9 Å². The Bertz CT molecular complexity index is 726. The molecule has 102 valence electrons. The van der Waals surface area contributed by atoms with Crippen LogP contribution in [0.25, 0.3) is 22.5 Å². The van der Waals surface area contributed by atoms with E-state index >= 15 is 0 Å². The molecule has 4 rings (SSSR count). The summed E-state index contributed by atoms with van der Waals surface area (Å²) < 4.78 is 5.39. The van der Waals surface area contributed by atoms with Crippen molar-refractivity contribution in [2.45, 2.75) is 25.3 Å². The third-order valence-corrected chi connectivity index (χ3v) is 3.74. The molecule has 20 heavy (non-hydrogen) atoms. The predicted octanol–water partition coefficient (Wildman–Crippen LogP) is 2.43. The van der Waals surface area contributed by atoms with Crippen molar-refractivity contribution in [3.8, 4) is 11.6 Å². The zero-order chi connectivity index (χ0) is 13.4. The molecule has 1 aliphatic rings. The molecule has 1 saturated heterocycles. The minimum Gasteiger partial charge on any atom is -0.332 e. The molecule has 0 spiro atoms. The van der Waals surface area contributed by atoms with Crippen molar-refractivity contribution < 1.29 is 4.52 Å². The quantitative estimate of drug-likeness (QED) is 0.747. The summed E-state index contributed by atoms with van der Waals surface area (Å²) >= 11 is 0. The molecule has 0 bridgehead atoms. The number of hydrogen-bond donors (Lipinski definition) is 2. The summed E-state index contributed by atoms with van der Waals surface area (Å²) in [5.74, 6) is 1.21. The number of nitrogens with one attached hydrogen (secondary N) is 2. The maximum absolute atomic E-state index is 5.39. The number of piperidine rings is 1. The van der Waals surface area contributed by atoms with Gasteiger partial charge < -0.3 is 9.84 Å². The molecule has 0 aliphatic carbocycles. The SMILES string of the molecule is c1ccc2c(-c3nc(C4CCCCN4)no3)n[nH]c2c1. The van der Waals surface area contributed by atoms with Crippen molar-refractivity contribution in [1.82, 2.24) is 25.7 Å². The molecule has 1 aliphatic heterocycles. The van der Waals surface area contributed by atoms with E-state index in [1.165, 1.54) is 12.8 Å². The van der Waals surface area contributed by atoms with Crippen LogP contribution in [0.4, 0.5) is 0 Å². The second-order valence-electron chi connectivity index (χ2n) is 5.08. The normalized spacial score (nSPS) is 19.5. The van der Waals surface area contributed by atoms with Crippen LogP contribution in [0.2, 0.25) is 0 Å². The molecule has 2 aromatic heterocycles. The molecule has 1 fully saturated rings. The summed E-state index contributed by atoms with van der Waals surface area (Å²) in [7, 11) is 0. The Hall–Kier alpha value is -2.21. The first-order chi connectivity index (χ1) is 9.92. The van der Waals surface area contributed by atoms with E-state index in [0.29, 0.717) is 5.89 Å². The standard InChI is InChI=1S/C14H15N5O/c1-2-6-10-9(5-1)12(18-17-10)14-16-13(19-20-14)11-7-3-4-8-15-11/h1-2,5-6,11,15H,3-4,7-8H2,(H,17,18). The predicted molar refractivity (Wildman–Crippen MR) is 74.0 cm³/mol. The lowest BCUT2D eigenvalue weighted by Gasteiger charge is -2.19. The summed E-state index contributed by atoms with van der Waals surface area (Å²) in [5.41, 5.74) is 1.69. The second-order valence-corrected chi connectivity index (χ2v) is 5.08. The van der Waals surface area contributed by atoms with Crippen molar-refractivity contribution in [1.29, 1.82) is 0 Å². The van der Waals surface area contributed by atoms with E-state index in [0.717, 1.165) is 35.4 Å². The molecule has 0 radical (unpaired) electrons. The van der Waals surface area contributed by atoms with E-state index in [1.807, 2.05) is 24.3 Å². The smallest absolute Gasteiger partial charge is 0.279 e. The Labute approximate surface area is 115 Å². The lowest BCUT2D eigenvalue weighted by atomic mass is 10.0. The van der Waals surface area contributed by atoms with Gasteiger partial charge in [-0.05, 0) is 25.5 Å². The largest absolute Gasteiger partial charge is 0.332 e. The summed E-state index contributed by atoms with van der Waals surface area (Å²) in [6.45, 7) is 1.01. The van der Waals surface area contributed by atoms with Crippen LogP contribution in [0.5, 0.6) is 0 Å². The summed E-state index contributed by atoms with van der Waals surface area (Å²) in [5, 5.41) is 15.8. The molecule has 3 aromatic rings. The van der Waals surface area contributed by atoms with Gasteiger partial charge >= 0.3 is 0 Å². The van der Waals surface area contributed by atoms with Crippen LogP contribution in [0.15, 0.2) is 28.8 Å². The van der Waals surface area contributed by atoms with Crippen LogP contribution in [0.1, 0.15) is 31.1 Å². The highest BCUT2D eigenvalue weighted by Crippen LogP contribution is 2.27. The number of para-hydroxylation sites is 1. The van der Waals surface area contributed by atoms with Gasteiger partial charge in [0.15, 0.2) is 11.5 Å². The van der Waals surface area contributed by atoms with E-state index in [9.17, 15) is 0 Å². The number of rotatable bonds is 2. The molecule has 0 amide bonds. The monoisotopic (exact) mass is 269 g/mol.